The van der Waals surface area contributed by atoms with Crippen molar-refractivity contribution in [1.82, 2.24) is 0 Å². The van der Waals surface area contributed by atoms with Crippen LogP contribution in [-0.2, 0) is 6.51 Å². The first kappa shape index (κ1) is 7.55. The summed E-state index contributed by atoms with van der Waals surface area (Å²) in [6.45, 7) is -0.110. The molecule has 0 aromatic rings. The van der Waals surface area contributed by atoms with Gasteiger partial charge in [0.2, 0.25) is 0 Å². The van der Waals surface area contributed by atoms with Crippen LogP contribution in [0.3, 0.4) is 0 Å². The van der Waals surface area contributed by atoms with Crippen LogP contribution in [0.4, 0.5) is 0 Å². The van der Waals surface area contributed by atoms with Crippen molar-refractivity contribution < 1.29 is 6.51 Å². The van der Waals surface area contributed by atoms with Crippen molar-refractivity contribution in [3.63, 3.8) is 0 Å². The average molecular weight is 293 g/mol. The Bertz CT molecular complexity index is 636. The Morgan fingerprint density at radius 2 is 1.06 bits per heavy atom. The van der Waals surface area contributed by atoms with E-state index in [2.05, 4.69) is 6.92 Å². The minimum absolute atomic E-state index is 0.827. The molecule has 0 N–H and O–H groups in total. The molecule has 0 aliphatic carbocycles. The summed E-state index contributed by atoms with van der Waals surface area (Å²) in [7, 11) is 0. The average Bonchev–Trinajstić information content (AvgIpc) is 3.30. The summed E-state index contributed by atoms with van der Waals surface area (Å²) >= 11 is 5.38. The predicted molar refractivity (Wildman–Crippen MR) is 67.7 cm³/mol. The Morgan fingerprint density at radius 1 is 0.706 bits per heavy atom. The Hall–Kier alpha value is 0.809. The molecule has 0 amide bonds. The zero-order valence-corrected chi connectivity index (χ0v) is 12.2. The van der Waals surface area contributed by atoms with Gasteiger partial charge in [-0.1, -0.05) is 19.8 Å². The zero-order valence-electron chi connectivity index (χ0n) is 10.3. The van der Waals surface area contributed by atoms with E-state index in [4.69, 9.17) is 11.6 Å². The molecule has 10 aliphatic rings. The van der Waals surface area contributed by atoms with E-state index in [-0.39, 0.29) is 0 Å². The fourth-order valence-electron chi connectivity index (χ4n) is 16.2. The van der Waals surface area contributed by atoms with E-state index in [1.165, 1.54) is 19.3 Å². The molecule has 0 saturated carbocycles. The van der Waals surface area contributed by atoms with E-state index < -0.39 is 6.51 Å². The number of alkyl halides is 1. The van der Waals surface area contributed by atoms with Crippen molar-refractivity contribution in [3.8, 4) is 0 Å². The third kappa shape index (κ3) is 0.0888. The molecular weight excluding hydrogens is 271 g/mol. The molecule has 10 heterocycles. The van der Waals surface area contributed by atoms with Crippen LogP contribution in [0.2, 0.25) is 48.2 Å². The van der Waals surface area contributed by atoms with Gasteiger partial charge in [-0.3, -0.25) is 0 Å². The fraction of sp³-hybridized carbons (Fsp3) is 1.00. The van der Waals surface area contributed by atoms with Gasteiger partial charge in [-0.15, -0.1) is 11.6 Å². The molecule has 0 nitrogen and oxygen atoms in total. The topological polar surface area (TPSA) is 0 Å². The number of unbranched alkanes of at least 4 members (excludes halogenated alkanes) is 2. The van der Waals surface area contributed by atoms with E-state index in [0.29, 0.717) is 0 Å². The minimum atomic E-state index is -2.28. The molecule has 0 atom stereocenters. The first-order chi connectivity index (χ1) is 8.07. The van der Waals surface area contributed by atoms with E-state index >= 15 is 0 Å². The van der Waals surface area contributed by atoms with Crippen molar-refractivity contribution in [2.45, 2.75) is 74.3 Å². The first-order valence-electron chi connectivity index (χ1n) is 7.85. The van der Waals surface area contributed by atoms with Gasteiger partial charge in [0.05, 0.1) is 0 Å². The summed E-state index contributed by atoms with van der Waals surface area (Å²) in [6.07, 6.45) is 3.73. The van der Waals surface area contributed by atoms with Crippen molar-refractivity contribution in [2.75, 3.05) is 5.88 Å². The van der Waals surface area contributed by atoms with Crippen LogP contribution < -0.4 is 0 Å². The van der Waals surface area contributed by atoms with Gasteiger partial charge >= 0.3 is 54.7 Å². The fourth-order valence-corrected chi connectivity index (χ4v) is 88.5. The normalized spacial score (nSPS) is 114. The molecule has 10 rings (SSSR count). The summed E-state index contributed by atoms with van der Waals surface area (Å²) in [5.41, 5.74) is 0. The van der Waals surface area contributed by atoms with Crippen molar-refractivity contribution >= 4 is 11.6 Å². The second-order valence-corrected chi connectivity index (χ2v) is 35.3. The maximum atomic E-state index is 5.38. The Balaban J connectivity index is 0.0000000947. The van der Waals surface area contributed by atoms with Crippen molar-refractivity contribution in [2.24, 2.45) is 0 Å². The van der Waals surface area contributed by atoms with Gasteiger partial charge in [0.25, 0.3) is 0 Å². The second kappa shape index (κ2) is 0.660. The maximum absolute atomic E-state index is 5.38. The van der Waals surface area contributed by atoms with Crippen LogP contribution in [0, 0.1) is 0 Å². The van der Waals surface area contributed by atoms with Crippen LogP contribution in [0.25, 0.3) is 0 Å². The van der Waals surface area contributed by atoms with Crippen LogP contribution in [-0.4, -0.2) is 5.88 Å². The number of halogens is 1. The van der Waals surface area contributed by atoms with E-state index in [9.17, 15) is 0 Å². The third-order valence-corrected chi connectivity index (χ3v) is 57.5. The van der Waals surface area contributed by atoms with Gasteiger partial charge in [0, 0.05) is 5.88 Å². The Kier molecular flexibility index (Phi) is 0.293. The standard InChI is InChI=1S/C5H11Cl.2C5H5.Fe/c1-2-3-4-5-6;2*1-2-4-5-3-1;/h2-5H2,1H3;2*1-5H;. The van der Waals surface area contributed by atoms with E-state index in [0.717, 1.165) is 5.88 Å². The molecule has 0 radical (unpaired) electrons. The summed E-state index contributed by atoms with van der Waals surface area (Å²) in [5, 5.41) is 0. The molecule has 0 aromatic carbocycles. The van der Waals surface area contributed by atoms with E-state index in [1.54, 1.807) is 48.2 Å². The van der Waals surface area contributed by atoms with Gasteiger partial charge in [-0.25, -0.2) is 0 Å². The predicted octanol–water partition coefficient (Wildman–Crippen LogP) is 5.79. The first-order valence-corrected chi connectivity index (χ1v) is 14.8. The van der Waals surface area contributed by atoms with Crippen molar-refractivity contribution in [3.05, 3.63) is 0 Å². The summed E-state index contributed by atoms with van der Waals surface area (Å²) in [5.74, 6) is 0.827. The van der Waals surface area contributed by atoms with Crippen LogP contribution in [0.5, 0.6) is 0 Å². The number of hydrogen-bond acceptors (Lipinski definition) is 0. The van der Waals surface area contributed by atoms with Crippen LogP contribution >= 0.6 is 11.6 Å². The molecule has 1 spiro atoms. The Morgan fingerprint density at radius 3 is 1.12 bits per heavy atom. The SMILES string of the molecule is CCCCCCl.[CH]12[CH]3[CH]4[CH]5[CH]1[Fe]23451678[CH]2[CH]1[CH]6[CH]7[CH]28. The summed E-state index contributed by atoms with van der Waals surface area (Å²) in [4.78, 5) is 15.9. The molecule has 10 aliphatic heterocycles. The molecule has 0 bridgehead atoms. The zero-order chi connectivity index (χ0) is 10.9. The van der Waals surface area contributed by atoms with Gasteiger partial charge in [0.1, 0.15) is 0 Å². The third-order valence-electron chi connectivity index (χ3n) is 15.3. The molecule has 0 aromatic heterocycles. The van der Waals surface area contributed by atoms with E-state index in [1.807, 2.05) is 0 Å². The molecule has 0 unspecified atom stereocenters. The molecule has 2 heteroatoms. The quantitative estimate of drug-likeness (QED) is 0.351. The van der Waals surface area contributed by atoms with Crippen LogP contribution in [0.15, 0.2) is 0 Å². The van der Waals surface area contributed by atoms with Gasteiger partial charge in [0.15, 0.2) is 0 Å². The molecule has 10 saturated heterocycles. The van der Waals surface area contributed by atoms with Gasteiger partial charge < -0.3 is 0 Å². The molecular formula is C15H21ClFe. The summed E-state index contributed by atoms with van der Waals surface area (Å²) in [6, 6.07) is 0. The molecule has 17 heavy (non-hydrogen) atoms. The number of rotatable bonds is 3. The van der Waals surface area contributed by atoms with Crippen LogP contribution in [0.1, 0.15) is 26.2 Å². The van der Waals surface area contributed by atoms with Gasteiger partial charge in [-0.2, -0.15) is 0 Å². The number of hydrogen-bond donors (Lipinski definition) is 0. The summed E-state index contributed by atoms with van der Waals surface area (Å²) < 4.78 is 0. The Labute approximate surface area is 98.1 Å². The molecule has 10 fully saturated rings. The van der Waals surface area contributed by atoms with Gasteiger partial charge in [-0.05, 0) is 6.42 Å². The number of fused-ring (bicyclic) bond motifs is 10. The monoisotopic (exact) mass is 292 g/mol. The van der Waals surface area contributed by atoms with Crippen molar-refractivity contribution in [1.29, 1.82) is 0 Å². The molecule has 96 valence electrons. The second-order valence-electron chi connectivity index (χ2n) is 11.0.